The minimum atomic E-state index is -0.675. The molecule has 5 aliphatic rings. The summed E-state index contributed by atoms with van der Waals surface area (Å²) < 4.78 is 5.83. The summed E-state index contributed by atoms with van der Waals surface area (Å²) in [6.07, 6.45) is 9.54. The molecular formula is C18H24O3. The van der Waals surface area contributed by atoms with Gasteiger partial charge in [0.05, 0.1) is 17.8 Å². The van der Waals surface area contributed by atoms with E-state index in [0.29, 0.717) is 42.3 Å². The molecule has 1 aliphatic heterocycles. The van der Waals surface area contributed by atoms with Gasteiger partial charge in [-0.1, -0.05) is 6.92 Å². The van der Waals surface area contributed by atoms with Gasteiger partial charge in [-0.25, -0.2) is 0 Å². The van der Waals surface area contributed by atoms with Gasteiger partial charge in [0.2, 0.25) is 0 Å². The monoisotopic (exact) mass is 288 g/mol. The Morgan fingerprint density at radius 3 is 2.95 bits per heavy atom. The van der Waals surface area contributed by atoms with Crippen molar-refractivity contribution in [3.05, 3.63) is 11.6 Å². The van der Waals surface area contributed by atoms with E-state index in [4.69, 9.17) is 4.74 Å². The zero-order valence-corrected chi connectivity index (χ0v) is 12.7. The van der Waals surface area contributed by atoms with E-state index in [0.717, 1.165) is 30.8 Å². The molecule has 21 heavy (non-hydrogen) atoms. The Bertz CT molecular complexity index is 553. The van der Waals surface area contributed by atoms with Gasteiger partial charge in [0.15, 0.2) is 5.78 Å². The van der Waals surface area contributed by atoms with Crippen molar-refractivity contribution in [1.29, 1.82) is 0 Å². The van der Waals surface area contributed by atoms with Crippen LogP contribution in [0, 0.1) is 23.2 Å². The normalized spacial score (nSPS) is 57.7. The molecule has 0 spiro atoms. The van der Waals surface area contributed by atoms with Crippen molar-refractivity contribution in [2.24, 2.45) is 23.2 Å². The van der Waals surface area contributed by atoms with Gasteiger partial charge in [-0.2, -0.15) is 0 Å². The van der Waals surface area contributed by atoms with Gasteiger partial charge in [-0.15, -0.1) is 0 Å². The predicted octanol–water partition coefficient (Wildman–Crippen LogP) is 2.62. The highest BCUT2D eigenvalue weighted by Gasteiger charge is 2.68. The van der Waals surface area contributed by atoms with Crippen molar-refractivity contribution >= 4 is 5.78 Å². The molecule has 4 aliphatic carbocycles. The maximum absolute atomic E-state index is 11.7. The summed E-state index contributed by atoms with van der Waals surface area (Å²) in [6.45, 7) is 2.42. The lowest BCUT2D eigenvalue weighted by Gasteiger charge is -2.56. The highest BCUT2D eigenvalue weighted by Crippen LogP contribution is 2.67. The molecule has 1 N–H and O–H groups in total. The summed E-state index contributed by atoms with van der Waals surface area (Å²) in [4.78, 5) is 11.7. The van der Waals surface area contributed by atoms with Gasteiger partial charge in [0, 0.05) is 6.42 Å². The number of ether oxygens (including phenoxy) is 1. The molecule has 1 heterocycles. The molecule has 3 heteroatoms. The molecule has 0 aromatic carbocycles. The second kappa shape index (κ2) is 3.80. The van der Waals surface area contributed by atoms with Crippen molar-refractivity contribution in [1.82, 2.24) is 0 Å². The smallest absolute Gasteiger partial charge is 0.155 e. The molecule has 0 bridgehead atoms. The van der Waals surface area contributed by atoms with Crippen molar-refractivity contribution in [2.75, 3.05) is 0 Å². The van der Waals surface area contributed by atoms with Crippen LogP contribution in [0.4, 0.5) is 0 Å². The van der Waals surface area contributed by atoms with E-state index in [1.54, 1.807) is 6.08 Å². The fourth-order valence-corrected chi connectivity index (χ4v) is 6.48. The first-order valence-electron chi connectivity index (χ1n) is 8.64. The van der Waals surface area contributed by atoms with Crippen molar-refractivity contribution < 1.29 is 14.6 Å². The summed E-state index contributed by atoms with van der Waals surface area (Å²) >= 11 is 0. The average Bonchev–Trinajstić information content (AvgIpc) is 3.17. The second-order valence-corrected chi connectivity index (χ2v) is 8.35. The van der Waals surface area contributed by atoms with Crippen LogP contribution in [0.2, 0.25) is 0 Å². The largest absolute Gasteiger partial charge is 0.385 e. The summed E-state index contributed by atoms with van der Waals surface area (Å²) in [7, 11) is 0. The van der Waals surface area contributed by atoms with Crippen LogP contribution < -0.4 is 0 Å². The lowest BCUT2D eigenvalue weighted by Crippen LogP contribution is -2.55. The summed E-state index contributed by atoms with van der Waals surface area (Å²) in [5, 5.41) is 11.3. The molecule has 3 nitrogen and oxygen atoms in total. The Hall–Kier alpha value is -0.670. The summed E-state index contributed by atoms with van der Waals surface area (Å²) in [5.74, 6) is 1.95. The number of fused-ring (bicyclic) bond motifs is 7. The minimum absolute atomic E-state index is 0.212. The number of ketones is 1. The molecule has 1 saturated heterocycles. The maximum atomic E-state index is 11.7. The quantitative estimate of drug-likeness (QED) is 0.697. The van der Waals surface area contributed by atoms with Crippen molar-refractivity contribution in [2.45, 2.75) is 69.7 Å². The molecule has 3 saturated carbocycles. The van der Waals surface area contributed by atoms with Gasteiger partial charge in [-0.05, 0) is 73.3 Å². The van der Waals surface area contributed by atoms with Crippen LogP contribution in [-0.2, 0) is 9.53 Å². The maximum Gasteiger partial charge on any atom is 0.155 e. The first-order chi connectivity index (χ1) is 10.0. The summed E-state index contributed by atoms with van der Waals surface area (Å²) in [5.41, 5.74) is 0.725. The molecule has 0 radical (unpaired) electrons. The number of carbonyl (C=O) groups excluding carboxylic acids is 1. The average molecular weight is 288 g/mol. The fraction of sp³-hybridized carbons (Fsp3) is 0.833. The van der Waals surface area contributed by atoms with E-state index in [1.807, 2.05) is 0 Å². The first-order valence-corrected chi connectivity index (χ1v) is 8.64. The van der Waals surface area contributed by atoms with E-state index in [1.165, 1.54) is 12.8 Å². The Morgan fingerprint density at radius 1 is 1.24 bits per heavy atom. The highest BCUT2D eigenvalue weighted by atomic mass is 16.6. The SMILES string of the molecule is C[C@]12CC[C@H]3[C@@H](CCC4=CC(=O)CC[C@@]43O)[C@@H]1C[C@H]1O[C@H]12. The molecule has 0 amide bonds. The van der Waals surface area contributed by atoms with Crippen LogP contribution in [-0.4, -0.2) is 28.7 Å². The summed E-state index contributed by atoms with van der Waals surface area (Å²) in [6, 6.07) is 0. The van der Waals surface area contributed by atoms with E-state index in [2.05, 4.69) is 6.92 Å². The molecular weight excluding hydrogens is 264 g/mol. The van der Waals surface area contributed by atoms with E-state index in [9.17, 15) is 9.90 Å². The highest BCUT2D eigenvalue weighted by molar-refractivity contribution is 5.92. The van der Waals surface area contributed by atoms with Crippen LogP contribution in [0.3, 0.4) is 0 Å². The van der Waals surface area contributed by atoms with Crippen LogP contribution in [0.25, 0.3) is 0 Å². The van der Waals surface area contributed by atoms with E-state index in [-0.39, 0.29) is 5.78 Å². The number of aliphatic hydroxyl groups is 1. The molecule has 5 rings (SSSR count). The predicted molar refractivity (Wildman–Crippen MR) is 77.6 cm³/mol. The Morgan fingerprint density at radius 2 is 2.10 bits per heavy atom. The number of hydrogen-bond acceptors (Lipinski definition) is 3. The molecule has 0 aromatic heterocycles. The first kappa shape index (κ1) is 12.8. The molecule has 0 unspecified atom stereocenters. The van der Waals surface area contributed by atoms with Gasteiger partial charge in [0.25, 0.3) is 0 Å². The second-order valence-electron chi connectivity index (χ2n) is 8.35. The number of epoxide rings is 1. The zero-order valence-electron chi connectivity index (χ0n) is 12.7. The van der Waals surface area contributed by atoms with Gasteiger partial charge < -0.3 is 9.84 Å². The Kier molecular flexibility index (Phi) is 2.32. The minimum Gasteiger partial charge on any atom is -0.385 e. The Balaban J connectivity index is 1.51. The molecule has 114 valence electrons. The van der Waals surface area contributed by atoms with Gasteiger partial charge >= 0.3 is 0 Å². The van der Waals surface area contributed by atoms with Crippen LogP contribution in [0.1, 0.15) is 51.9 Å². The number of carbonyl (C=O) groups is 1. The van der Waals surface area contributed by atoms with Crippen molar-refractivity contribution in [3.8, 4) is 0 Å². The number of rotatable bonds is 0. The van der Waals surface area contributed by atoms with Gasteiger partial charge in [0.1, 0.15) is 0 Å². The van der Waals surface area contributed by atoms with Gasteiger partial charge in [-0.3, -0.25) is 4.79 Å². The molecule has 4 fully saturated rings. The van der Waals surface area contributed by atoms with E-state index < -0.39 is 5.60 Å². The lowest BCUT2D eigenvalue weighted by atomic mass is 9.50. The number of hydrogen-bond donors (Lipinski definition) is 1. The molecule has 7 atom stereocenters. The zero-order chi connectivity index (χ0) is 14.4. The van der Waals surface area contributed by atoms with Crippen LogP contribution in [0.15, 0.2) is 11.6 Å². The topological polar surface area (TPSA) is 49.8 Å². The van der Waals surface area contributed by atoms with Crippen LogP contribution in [0.5, 0.6) is 0 Å². The van der Waals surface area contributed by atoms with E-state index >= 15 is 0 Å². The fourth-order valence-electron chi connectivity index (χ4n) is 6.48. The molecule has 0 aromatic rings. The van der Waals surface area contributed by atoms with Crippen molar-refractivity contribution in [3.63, 3.8) is 0 Å². The third kappa shape index (κ3) is 1.49. The third-order valence-electron chi connectivity index (χ3n) is 7.60. The standard InChI is InChI=1S/C18H24O3/c1-17-6-5-13-12(14(17)9-15-16(17)21-15)3-2-10-8-11(19)4-7-18(10,13)20/h8,12-16,20H,2-7,9H2,1H3/t12-,13+,14+,15-,16-,17+,18-/m1/s1. The van der Waals surface area contributed by atoms with Crippen LogP contribution >= 0.6 is 0 Å². The Labute approximate surface area is 125 Å². The third-order valence-corrected chi connectivity index (χ3v) is 7.60. The lowest BCUT2D eigenvalue weighted by molar-refractivity contribution is -0.128.